The lowest BCUT2D eigenvalue weighted by Gasteiger charge is -1.90. The van der Waals surface area contributed by atoms with E-state index in [2.05, 4.69) is 13.2 Å². The zero-order chi connectivity index (χ0) is 5.54. The van der Waals surface area contributed by atoms with Gasteiger partial charge in [0.15, 0.2) is 0 Å². The van der Waals surface area contributed by atoms with Crippen molar-refractivity contribution in [3.63, 3.8) is 0 Å². The molecule has 0 amide bonds. The van der Waals surface area contributed by atoms with Crippen LogP contribution in [0.5, 0.6) is 0 Å². The average molecular weight is 117 g/mol. The van der Waals surface area contributed by atoms with Gasteiger partial charge in [-0.1, -0.05) is 19.8 Å². The van der Waals surface area contributed by atoms with E-state index in [-0.39, 0.29) is 0 Å². The van der Waals surface area contributed by atoms with Crippen LogP contribution in [-0.4, -0.2) is 12.0 Å². The molecule has 0 heterocycles. The van der Waals surface area contributed by atoms with E-state index in [1.807, 2.05) is 11.8 Å². The summed E-state index contributed by atoms with van der Waals surface area (Å²) in [4.78, 5) is 0. The normalized spacial score (nSPS) is 9.43. The summed E-state index contributed by atoms with van der Waals surface area (Å²) in [5.74, 6) is 1.30. The molecule has 0 spiro atoms. The third-order valence-electron chi connectivity index (χ3n) is 0.848. The Hall–Kier alpha value is 0.350. The Labute approximate surface area is 50.7 Å². The van der Waals surface area contributed by atoms with Crippen LogP contribution in [0.15, 0.2) is 0 Å². The molecule has 0 saturated heterocycles. The van der Waals surface area contributed by atoms with Crippen molar-refractivity contribution in [2.45, 2.75) is 19.3 Å². The Bertz CT molecular complexity index is 23.4. The summed E-state index contributed by atoms with van der Waals surface area (Å²) in [6.07, 6.45) is 5.87. The highest BCUT2D eigenvalue weighted by Gasteiger charge is 1.80. The molecule has 0 rings (SSSR count). The molecule has 0 aliphatic heterocycles. The molecule has 0 atom stereocenters. The van der Waals surface area contributed by atoms with Crippen LogP contribution in [0.2, 0.25) is 0 Å². The highest BCUT2D eigenvalue weighted by Crippen LogP contribution is 2.00. The number of rotatable bonds is 4. The van der Waals surface area contributed by atoms with Gasteiger partial charge in [-0.05, 0) is 18.4 Å². The van der Waals surface area contributed by atoms with Crippen molar-refractivity contribution in [2.75, 3.05) is 12.0 Å². The minimum Gasteiger partial charge on any atom is -0.165 e. The highest BCUT2D eigenvalue weighted by atomic mass is 32.2. The third kappa shape index (κ3) is 6.35. The van der Waals surface area contributed by atoms with Crippen LogP contribution in [0, 0.1) is 6.92 Å². The van der Waals surface area contributed by atoms with Gasteiger partial charge in [-0.3, -0.25) is 0 Å². The van der Waals surface area contributed by atoms with Crippen LogP contribution in [0.4, 0.5) is 0 Å². The van der Waals surface area contributed by atoms with Crippen LogP contribution >= 0.6 is 11.8 Å². The lowest BCUT2D eigenvalue weighted by molar-refractivity contribution is 0.822. The lowest BCUT2D eigenvalue weighted by atomic mass is 10.3. The molecule has 0 nitrogen and oxygen atoms in total. The second-order valence-corrected chi connectivity index (χ2v) is 2.54. The van der Waals surface area contributed by atoms with Crippen LogP contribution in [0.25, 0.3) is 0 Å². The number of thioether (sulfide) groups is 1. The molecule has 0 aliphatic rings. The fourth-order valence-electron chi connectivity index (χ4n) is 0.423. The molecule has 43 valence electrons. The molecule has 0 saturated carbocycles. The Balaban J connectivity index is 2.45. The minimum atomic E-state index is 1.10. The fourth-order valence-corrected chi connectivity index (χ4v) is 0.916. The topological polar surface area (TPSA) is 0 Å². The maximum absolute atomic E-state index is 3.75. The van der Waals surface area contributed by atoms with E-state index in [9.17, 15) is 0 Å². The first-order valence-electron chi connectivity index (χ1n) is 2.70. The summed E-state index contributed by atoms with van der Waals surface area (Å²) in [6.45, 7) is 3.75. The van der Waals surface area contributed by atoms with Gasteiger partial charge >= 0.3 is 0 Å². The Morgan fingerprint density at radius 1 is 1.43 bits per heavy atom. The molecular formula is C6H13S. The fraction of sp³-hybridized carbons (Fsp3) is 0.833. The van der Waals surface area contributed by atoms with Crippen LogP contribution in [0.3, 0.4) is 0 Å². The second kappa shape index (κ2) is 6.35. The first-order chi connectivity index (χ1) is 3.41. The zero-order valence-electron chi connectivity index (χ0n) is 4.94. The molecule has 1 radical (unpaired) electrons. The van der Waals surface area contributed by atoms with Crippen LogP contribution in [0.1, 0.15) is 19.3 Å². The lowest BCUT2D eigenvalue weighted by Crippen LogP contribution is -1.75. The molecule has 7 heavy (non-hydrogen) atoms. The molecule has 0 fully saturated rings. The van der Waals surface area contributed by atoms with Gasteiger partial charge in [0.05, 0.1) is 0 Å². The van der Waals surface area contributed by atoms with Crippen molar-refractivity contribution in [1.29, 1.82) is 0 Å². The summed E-state index contributed by atoms with van der Waals surface area (Å²) >= 11 is 1.91. The maximum atomic E-state index is 3.75. The molecule has 0 aromatic carbocycles. The van der Waals surface area contributed by atoms with E-state index >= 15 is 0 Å². The van der Waals surface area contributed by atoms with Gasteiger partial charge < -0.3 is 0 Å². The van der Waals surface area contributed by atoms with Crippen molar-refractivity contribution in [2.24, 2.45) is 0 Å². The van der Waals surface area contributed by atoms with E-state index in [1.54, 1.807) is 0 Å². The molecule has 0 aromatic heterocycles. The first kappa shape index (κ1) is 7.35. The second-order valence-electron chi connectivity index (χ2n) is 1.55. The molecule has 0 aliphatic carbocycles. The van der Waals surface area contributed by atoms with Crippen molar-refractivity contribution < 1.29 is 0 Å². The SMILES string of the molecule is [CH2]CCCCSC. The van der Waals surface area contributed by atoms with Gasteiger partial charge in [0.1, 0.15) is 0 Å². The molecule has 0 unspecified atom stereocenters. The molecule has 0 aromatic rings. The van der Waals surface area contributed by atoms with E-state index < -0.39 is 0 Å². The van der Waals surface area contributed by atoms with Gasteiger partial charge in [-0.15, -0.1) is 0 Å². The van der Waals surface area contributed by atoms with Gasteiger partial charge in [0.25, 0.3) is 0 Å². The van der Waals surface area contributed by atoms with Crippen molar-refractivity contribution in [3.8, 4) is 0 Å². The van der Waals surface area contributed by atoms with Gasteiger partial charge in [-0.2, -0.15) is 11.8 Å². The third-order valence-corrected chi connectivity index (χ3v) is 1.55. The van der Waals surface area contributed by atoms with Crippen LogP contribution in [-0.2, 0) is 0 Å². The number of hydrogen-bond acceptors (Lipinski definition) is 1. The zero-order valence-corrected chi connectivity index (χ0v) is 5.76. The molecular weight excluding hydrogens is 104 g/mol. The summed E-state index contributed by atoms with van der Waals surface area (Å²) < 4.78 is 0. The number of unbranched alkanes of at least 4 members (excludes halogenated alkanes) is 2. The standard InChI is InChI=1S/C6H13S/c1-3-4-5-6-7-2/h1,3-6H2,2H3. The molecule has 0 bridgehead atoms. The summed E-state index contributed by atoms with van der Waals surface area (Å²) in [7, 11) is 0. The van der Waals surface area contributed by atoms with Gasteiger partial charge in [0, 0.05) is 0 Å². The number of hydrogen-bond donors (Lipinski definition) is 0. The monoisotopic (exact) mass is 117 g/mol. The predicted octanol–water partition coefficient (Wildman–Crippen LogP) is 2.35. The van der Waals surface area contributed by atoms with E-state index in [0.29, 0.717) is 0 Å². The summed E-state index contributed by atoms with van der Waals surface area (Å²) in [6, 6.07) is 0. The predicted molar refractivity (Wildman–Crippen MR) is 37.6 cm³/mol. The van der Waals surface area contributed by atoms with Crippen molar-refractivity contribution in [1.82, 2.24) is 0 Å². The minimum absolute atomic E-state index is 1.10. The Morgan fingerprint density at radius 3 is 2.57 bits per heavy atom. The maximum Gasteiger partial charge on any atom is -0.00703 e. The van der Waals surface area contributed by atoms with E-state index in [4.69, 9.17) is 0 Å². The molecule has 0 N–H and O–H groups in total. The Morgan fingerprint density at radius 2 is 2.14 bits per heavy atom. The van der Waals surface area contributed by atoms with Crippen LogP contribution < -0.4 is 0 Å². The smallest absolute Gasteiger partial charge is 0.00703 e. The van der Waals surface area contributed by atoms with Gasteiger partial charge in [-0.25, -0.2) is 0 Å². The summed E-state index contributed by atoms with van der Waals surface area (Å²) in [5, 5.41) is 0. The molecule has 1 heteroatoms. The van der Waals surface area contributed by atoms with E-state index in [1.165, 1.54) is 18.6 Å². The summed E-state index contributed by atoms with van der Waals surface area (Å²) in [5.41, 5.74) is 0. The van der Waals surface area contributed by atoms with Crippen molar-refractivity contribution in [3.05, 3.63) is 6.92 Å². The average Bonchev–Trinajstić information content (AvgIpc) is 1.69. The Kier molecular flexibility index (Phi) is 6.67. The van der Waals surface area contributed by atoms with E-state index in [0.717, 1.165) is 6.42 Å². The largest absolute Gasteiger partial charge is 0.165 e. The van der Waals surface area contributed by atoms with Gasteiger partial charge in [0.2, 0.25) is 0 Å². The quantitative estimate of drug-likeness (QED) is 0.509. The highest BCUT2D eigenvalue weighted by molar-refractivity contribution is 7.98. The first-order valence-corrected chi connectivity index (χ1v) is 4.09. The van der Waals surface area contributed by atoms with Crippen molar-refractivity contribution >= 4 is 11.8 Å².